The van der Waals surface area contributed by atoms with Crippen LogP contribution in [-0.4, -0.2) is 6.54 Å². The smallest absolute Gasteiger partial charge is 0.0991 e. The van der Waals surface area contributed by atoms with Crippen molar-refractivity contribution in [3.8, 4) is 6.07 Å². The molecule has 0 aliphatic carbocycles. The highest BCUT2D eigenvalue weighted by Crippen LogP contribution is 2.20. The van der Waals surface area contributed by atoms with Crippen molar-refractivity contribution in [2.45, 2.75) is 40.2 Å². The van der Waals surface area contributed by atoms with Crippen LogP contribution in [-0.2, 0) is 0 Å². The minimum absolute atomic E-state index is 0.286. The maximum atomic E-state index is 8.87. The molecule has 0 fully saturated rings. The minimum atomic E-state index is 0.286. The molecule has 0 saturated heterocycles. The van der Waals surface area contributed by atoms with Gasteiger partial charge in [-0.3, -0.25) is 0 Å². The fourth-order valence-electron chi connectivity index (χ4n) is 1.55. The lowest BCUT2D eigenvalue weighted by Gasteiger charge is -2.26. The fourth-order valence-corrected chi connectivity index (χ4v) is 1.55. The van der Waals surface area contributed by atoms with Crippen LogP contribution in [0.5, 0.6) is 0 Å². The van der Waals surface area contributed by atoms with E-state index in [1.54, 1.807) is 0 Å². The Morgan fingerprint density at radius 3 is 2.71 bits per heavy atom. The van der Waals surface area contributed by atoms with Gasteiger partial charge >= 0.3 is 0 Å². The van der Waals surface area contributed by atoms with Crippen molar-refractivity contribution in [1.29, 1.82) is 5.26 Å². The Labute approximate surface area is 105 Å². The molecule has 0 aliphatic heterocycles. The van der Waals surface area contributed by atoms with Gasteiger partial charge in [0.1, 0.15) is 0 Å². The van der Waals surface area contributed by atoms with E-state index < -0.39 is 0 Å². The summed E-state index contributed by atoms with van der Waals surface area (Å²) in [5.74, 6) is 0. The molecule has 0 amide bonds. The van der Waals surface area contributed by atoms with E-state index in [9.17, 15) is 0 Å². The number of nitriles is 1. The average molecular weight is 230 g/mol. The van der Waals surface area contributed by atoms with Crippen molar-refractivity contribution in [3.05, 3.63) is 35.4 Å². The third-order valence-electron chi connectivity index (χ3n) is 3.36. The highest BCUT2D eigenvalue weighted by atomic mass is 14.9. The maximum absolute atomic E-state index is 8.87. The van der Waals surface area contributed by atoms with Gasteiger partial charge in [0.05, 0.1) is 11.6 Å². The first kappa shape index (κ1) is 13.7. The first-order valence-corrected chi connectivity index (χ1v) is 6.22. The van der Waals surface area contributed by atoms with Crippen LogP contribution in [0.4, 0.5) is 0 Å². The second-order valence-corrected chi connectivity index (χ2v) is 5.36. The number of benzene rings is 1. The van der Waals surface area contributed by atoms with Gasteiger partial charge in [-0.1, -0.05) is 32.9 Å². The Morgan fingerprint density at radius 2 is 2.12 bits per heavy atom. The lowest BCUT2D eigenvalue weighted by Crippen LogP contribution is -2.30. The number of nitrogens with one attached hydrogen (secondary N) is 1. The van der Waals surface area contributed by atoms with Crippen LogP contribution in [0.15, 0.2) is 24.3 Å². The van der Waals surface area contributed by atoms with Crippen LogP contribution < -0.4 is 5.32 Å². The third-order valence-corrected chi connectivity index (χ3v) is 3.36. The number of hydrogen-bond acceptors (Lipinski definition) is 2. The summed E-state index contributed by atoms with van der Waals surface area (Å²) < 4.78 is 0. The molecular formula is C15H22N2. The van der Waals surface area contributed by atoms with Gasteiger partial charge < -0.3 is 5.32 Å². The molecule has 1 unspecified atom stereocenters. The predicted octanol–water partition coefficient (Wildman–Crippen LogP) is 3.65. The molecule has 1 N–H and O–H groups in total. The highest BCUT2D eigenvalue weighted by molar-refractivity contribution is 5.34. The SMILES string of the molecule is CCC(C)(C)CNC(C)c1cccc(C#N)c1. The van der Waals surface area contributed by atoms with Gasteiger partial charge in [0.15, 0.2) is 0 Å². The van der Waals surface area contributed by atoms with Crippen molar-refractivity contribution in [2.75, 3.05) is 6.54 Å². The molecule has 1 atom stereocenters. The van der Waals surface area contributed by atoms with E-state index in [-0.39, 0.29) is 6.04 Å². The number of nitrogens with zero attached hydrogens (tertiary/aromatic N) is 1. The monoisotopic (exact) mass is 230 g/mol. The summed E-state index contributed by atoms with van der Waals surface area (Å²) in [4.78, 5) is 0. The highest BCUT2D eigenvalue weighted by Gasteiger charge is 2.16. The molecule has 1 rings (SSSR count). The van der Waals surface area contributed by atoms with E-state index >= 15 is 0 Å². The van der Waals surface area contributed by atoms with Crippen LogP contribution in [0.1, 0.15) is 51.3 Å². The van der Waals surface area contributed by atoms with Crippen molar-refractivity contribution in [3.63, 3.8) is 0 Å². The van der Waals surface area contributed by atoms with Crippen molar-refractivity contribution in [1.82, 2.24) is 5.32 Å². The standard InChI is InChI=1S/C15H22N2/c1-5-15(3,4)11-17-12(2)14-8-6-7-13(9-14)10-16/h6-9,12,17H,5,11H2,1-4H3. The molecule has 0 saturated carbocycles. The maximum Gasteiger partial charge on any atom is 0.0991 e. The Hall–Kier alpha value is -1.33. The van der Waals surface area contributed by atoms with E-state index in [0.717, 1.165) is 18.5 Å². The molecule has 2 nitrogen and oxygen atoms in total. The van der Waals surface area contributed by atoms with E-state index in [1.165, 1.54) is 5.56 Å². The van der Waals surface area contributed by atoms with Crippen LogP contribution in [0, 0.1) is 16.7 Å². The third kappa shape index (κ3) is 4.20. The average Bonchev–Trinajstić information content (AvgIpc) is 2.36. The molecule has 0 spiro atoms. The predicted molar refractivity (Wildman–Crippen MR) is 71.6 cm³/mol. The van der Waals surface area contributed by atoms with Crippen LogP contribution >= 0.6 is 0 Å². The lowest BCUT2D eigenvalue weighted by molar-refractivity contribution is 0.314. The van der Waals surface area contributed by atoms with Crippen molar-refractivity contribution < 1.29 is 0 Å². The molecule has 2 heteroatoms. The van der Waals surface area contributed by atoms with Crippen molar-refractivity contribution in [2.24, 2.45) is 5.41 Å². The van der Waals surface area contributed by atoms with E-state index in [4.69, 9.17) is 5.26 Å². The topological polar surface area (TPSA) is 35.8 Å². The Morgan fingerprint density at radius 1 is 1.41 bits per heavy atom. The molecule has 17 heavy (non-hydrogen) atoms. The van der Waals surface area contributed by atoms with E-state index in [0.29, 0.717) is 5.41 Å². The summed E-state index contributed by atoms with van der Waals surface area (Å²) >= 11 is 0. The lowest BCUT2D eigenvalue weighted by atomic mass is 9.90. The number of rotatable bonds is 5. The Balaban J connectivity index is 2.64. The summed E-state index contributed by atoms with van der Waals surface area (Å²) in [6.07, 6.45) is 1.16. The summed E-state index contributed by atoms with van der Waals surface area (Å²) in [5, 5.41) is 12.4. The molecule has 1 aromatic carbocycles. The van der Waals surface area contributed by atoms with Gasteiger partial charge in [-0.2, -0.15) is 5.26 Å². The zero-order valence-corrected chi connectivity index (χ0v) is 11.2. The summed E-state index contributed by atoms with van der Waals surface area (Å²) in [7, 11) is 0. The van der Waals surface area contributed by atoms with Crippen molar-refractivity contribution >= 4 is 0 Å². The molecule has 0 aromatic heterocycles. The fraction of sp³-hybridized carbons (Fsp3) is 0.533. The normalized spacial score (nSPS) is 13.1. The second kappa shape index (κ2) is 5.84. The summed E-state index contributed by atoms with van der Waals surface area (Å²) in [6.45, 7) is 9.86. The molecule has 0 bridgehead atoms. The molecule has 92 valence electrons. The molecule has 1 aromatic rings. The first-order chi connectivity index (χ1) is 7.98. The molecular weight excluding hydrogens is 208 g/mol. The first-order valence-electron chi connectivity index (χ1n) is 6.22. The number of hydrogen-bond donors (Lipinski definition) is 1. The second-order valence-electron chi connectivity index (χ2n) is 5.36. The summed E-state index contributed by atoms with van der Waals surface area (Å²) in [5.41, 5.74) is 2.23. The van der Waals surface area contributed by atoms with Gasteiger partial charge in [-0.15, -0.1) is 0 Å². The van der Waals surface area contributed by atoms with Crippen LogP contribution in [0.25, 0.3) is 0 Å². The zero-order valence-electron chi connectivity index (χ0n) is 11.2. The van der Waals surface area contributed by atoms with E-state index in [2.05, 4.69) is 45.1 Å². The van der Waals surface area contributed by atoms with Gasteiger partial charge in [-0.25, -0.2) is 0 Å². The molecule has 0 aliphatic rings. The van der Waals surface area contributed by atoms with Gasteiger partial charge in [-0.05, 0) is 36.5 Å². The van der Waals surface area contributed by atoms with Crippen LogP contribution in [0.2, 0.25) is 0 Å². The minimum Gasteiger partial charge on any atom is -0.310 e. The Kier molecular flexibility index (Phi) is 4.72. The van der Waals surface area contributed by atoms with E-state index in [1.807, 2.05) is 18.2 Å². The largest absolute Gasteiger partial charge is 0.310 e. The van der Waals surface area contributed by atoms with Crippen LogP contribution in [0.3, 0.4) is 0 Å². The van der Waals surface area contributed by atoms with Gasteiger partial charge in [0.25, 0.3) is 0 Å². The van der Waals surface area contributed by atoms with Gasteiger partial charge in [0.2, 0.25) is 0 Å². The molecule has 0 radical (unpaired) electrons. The van der Waals surface area contributed by atoms with Gasteiger partial charge in [0, 0.05) is 12.6 Å². The quantitative estimate of drug-likeness (QED) is 0.838. The Bertz CT molecular complexity index is 402. The molecule has 0 heterocycles. The summed E-state index contributed by atoms with van der Waals surface area (Å²) in [6, 6.07) is 10.3. The zero-order chi connectivity index (χ0) is 12.9.